The molecule has 5 nitrogen and oxygen atoms in total. The summed E-state index contributed by atoms with van der Waals surface area (Å²) in [5.74, 6) is 0.669. The number of fused-ring (bicyclic) bond motifs is 3. The number of hydrogen-bond acceptors (Lipinski definition) is 3. The van der Waals surface area contributed by atoms with Crippen LogP contribution in [0.5, 0.6) is 5.75 Å². The van der Waals surface area contributed by atoms with Gasteiger partial charge in [0.15, 0.2) is 11.3 Å². The smallest absolute Gasteiger partial charge is 0.336 e. The zero-order chi connectivity index (χ0) is 19.6. The van der Waals surface area contributed by atoms with Crippen molar-refractivity contribution in [1.29, 1.82) is 0 Å². The van der Waals surface area contributed by atoms with E-state index in [1.165, 1.54) is 11.0 Å². The summed E-state index contributed by atoms with van der Waals surface area (Å²) in [6.45, 7) is 12.5. The molecule has 27 heavy (non-hydrogen) atoms. The Hall–Kier alpha value is -1.56. The van der Waals surface area contributed by atoms with Crippen molar-refractivity contribution in [3.8, 4) is 5.75 Å². The number of benzene rings is 1. The Morgan fingerprint density at radius 2 is 1.85 bits per heavy atom. The molecule has 4 rings (SSSR count). The summed E-state index contributed by atoms with van der Waals surface area (Å²) in [5.41, 5.74) is 2.49. The molecule has 2 aliphatic rings. The number of aryl methyl sites for hydroxylation is 1. The van der Waals surface area contributed by atoms with Crippen molar-refractivity contribution in [1.82, 2.24) is 0 Å². The van der Waals surface area contributed by atoms with Crippen molar-refractivity contribution in [3.05, 3.63) is 38.7 Å². The van der Waals surface area contributed by atoms with Crippen LogP contribution >= 0.6 is 11.6 Å². The summed E-state index contributed by atoms with van der Waals surface area (Å²) in [6.07, 6.45) is 2.23. The minimum absolute atomic E-state index is 0.194. The molecule has 0 amide bonds. The number of nitrogens with two attached hydrogens (primary N) is 1. The van der Waals surface area contributed by atoms with Gasteiger partial charge >= 0.3 is 5.63 Å². The average molecular weight is 393 g/mol. The van der Waals surface area contributed by atoms with Crippen LogP contribution in [0.4, 0.5) is 0 Å². The summed E-state index contributed by atoms with van der Waals surface area (Å²) >= 11 is 6.50. The van der Waals surface area contributed by atoms with Gasteiger partial charge in [0.25, 0.3) is 0 Å². The maximum absolute atomic E-state index is 12.0. The van der Waals surface area contributed by atoms with Crippen molar-refractivity contribution in [2.45, 2.75) is 71.1 Å². The van der Waals surface area contributed by atoms with Gasteiger partial charge in [-0.1, -0.05) is 11.6 Å². The molecule has 6 heteroatoms. The molecule has 3 heterocycles. The van der Waals surface area contributed by atoms with E-state index in [1.807, 2.05) is 13.0 Å². The van der Waals surface area contributed by atoms with E-state index < -0.39 is 0 Å². The number of rotatable bonds is 1. The fraction of sp³-hybridized carbons (Fsp3) is 0.571. The van der Waals surface area contributed by atoms with E-state index in [4.69, 9.17) is 20.8 Å². The van der Waals surface area contributed by atoms with Gasteiger partial charge in [0.2, 0.25) is 6.73 Å². The van der Waals surface area contributed by atoms with Crippen LogP contribution in [0.15, 0.2) is 21.3 Å². The molecule has 0 saturated carbocycles. The second-order valence-corrected chi connectivity index (χ2v) is 10.0. The monoisotopic (exact) mass is 392 g/mol. The Labute approximate surface area is 164 Å². The van der Waals surface area contributed by atoms with Crippen LogP contribution in [0.2, 0.25) is 5.02 Å². The normalized spacial score (nSPS) is 24.4. The third-order valence-electron chi connectivity index (χ3n) is 5.95. The Bertz CT molecular complexity index is 948. The number of hydrogen-bond donors (Lipinski definition) is 2. The van der Waals surface area contributed by atoms with Gasteiger partial charge in [0.05, 0.1) is 34.5 Å². The first kappa shape index (κ1) is 18.8. The van der Waals surface area contributed by atoms with Crippen LogP contribution in [0, 0.1) is 6.92 Å². The summed E-state index contributed by atoms with van der Waals surface area (Å²) < 4.78 is 11.7. The number of quaternary nitrogens is 2. The van der Waals surface area contributed by atoms with Gasteiger partial charge in [0.1, 0.15) is 12.6 Å². The Kier molecular flexibility index (Phi) is 4.33. The highest BCUT2D eigenvalue weighted by Crippen LogP contribution is 2.37. The molecule has 0 aliphatic carbocycles. The van der Waals surface area contributed by atoms with Gasteiger partial charge in [-0.3, -0.25) is 4.90 Å². The van der Waals surface area contributed by atoms with Gasteiger partial charge in [-0.25, -0.2) is 4.79 Å². The third-order valence-corrected chi connectivity index (χ3v) is 6.23. The molecule has 1 saturated heterocycles. The summed E-state index contributed by atoms with van der Waals surface area (Å²) in [5, 5.41) is 3.97. The van der Waals surface area contributed by atoms with Crippen LogP contribution in [0.3, 0.4) is 0 Å². The standard InChI is InChI=1S/C21H27ClN2O3/c1-12-6-17(25)27-18-14(12)7-16(22)19-15(18)10-24(11-26-19)13-8-20(2,3)23-21(4,5)9-13/h6-7,13,23H,8-11H2,1-5H3/p+2. The molecular formula is C21H29ClN2O3+2. The van der Waals surface area contributed by atoms with Crippen LogP contribution in [0.25, 0.3) is 11.0 Å². The second kappa shape index (κ2) is 6.23. The number of halogens is 1. The fourth-order valence-electron chi connectivity index (χ4n) is 5.29. The predicted molar refractivity (Wildman–Crippen MR) is 105 cm³/mol. The van der Waals surface area contributed by atoms with Gasteiger partial charge < -0.3 is 14.5 Å². The Morgan fingerprint density at radius 3 is 2.52 bits per heavy atom. The predicted octanol–water partition coefficient (Wildman–Crippen LogP) is 1.77. The molecule has 0 spiro atoms. The van der Waals surface area contributed by atoms with Gasteiger partial charge in [-0.2, -0.15) is 0 Å². The highest BCUT2D eigenvalue weighted by molar-refractivity contribution is 6.33. The van der Waals surface area contributed by atoms with E-state index in [0.29, 0.717) is 29.1 Å². The maximum atomic E-state index is 12.0. The average Bonchev–Trinajstić information content (AvgIpc) is 2.53. The first-order chi connectivity index (χ1) is 12.5. The molecule has 0 bridgehead atoms. The first-order valence-corrected chi connectivity index (χ1v) is 10.0. The fourth-order valence-corrected chi connectivity index (χ4v) is 5.57. The Morgan fingerprint density at radius 1 is 1.19 bits per heavy atom. The molecule has 2 aliphatic heterocycles. The third kappa shape index (κ3) is 3.48. The van der Waals surface area contributed by atoms with Gasteiger partial charge in [-0.05, 0) is 46.2 Å². The topological polar surface area (TPSA) is 60.5 Å². The molecule has 2 aromatic rings. The highest BCUT2D eigenvalue weighted by atomic mass is 35.5. The van der Waals surface area contributed by atoms with Crippen molar-refractivity contribution >= 4 is 22.6 Å². The zero-order valence-electron chi connectivity index (χ0n) is 16.7. The lowest BCUT2D eigenvalue weighted by Crippen LogP contribution is -3.20. The van der Waals surface area contributed by atoms with E-state index in [2.05, 4.69) is 33.0 Å². The second-order valence-electron chi connectivity index (χ2n) is 9.64. The quantitative estimate of drug-likeness (QED) is 0.727. The number of ether oxygens (including phenoxy) is 1. The van der Waals surface area contributed by atoms with Crippen LogP contribution in [-0.4, -0.2) is 23.9 Å². The Balaban J connectivity index is 1.75. The van der Waals surface area contributed by atoms with E-state index in [-0.39, 0.29) is 16.7 Å². The lowest BCUT2D eigenvalue weighted by atomic mass is 9.79. The van der Waals surface area contributed by atoms with Gasteiger partial charge in [-0.15, -0.1) is 0 Å². The zero-order valence-corrected chi connectivity index (χ0v) is 17.5. The van der Waals surface area contributed by atoms with Crippen LogP contribution in [0.1, 0.15) is 51.7 Å². The highest BCUT2D eigenvalue weighted by Gasteiger charge is 2.47. The van der Waals surface area contributed by atoms with E-state index >= 15 is 0 Å². The minimum Gasteiger partial charge on any atom is -0.443 e. The molecule has 0 radical (unpaired) electrons. The molecule has 1 atom stereocenters. The minimum atomic E-state index is -0.328. The van der Waals surface area contributed by atoms with Crippen molar-refractivity contribution in [2.75, 3.05) is 6.73 Å². The SMILES string of the molecule is Cc1cc(=O)oc2c3c(c(Cl)cc12)OC[NH+](C1CC(C)(C)[NH2+]C(C)(C)C1)C3. The van der Waals surface area contributed by atoms with Crippen molar-refractivity contribution < 1.29 is 19.4 Å². The summed E-state index contributed by atoms with van der Waals surface area (Å²) in [7, 11) is 0. The van der Waals surface area contributed by atoms with E-state index in [0.717, 1.165) is 35.9 Å². The van der Waals surface area contributed by atoms with Crippen LogP contribution < -0.4 is 20.6 Å². The van der Waals surface area contributed by atoms with Crippen molar-refractivity contribution in [2.24, 2.45) is 0 Å². The molecule has 3 N–H and O–H groups in total. The summed E-state index contributed by atoms with van der Waals surface area (Å²) in [4.78, 5) is 13.4. The lowest BCUT2D eigenvalue weighted by Gasteiger charge is -2.45. The van der Waals surface area contributed by atoms with E-state index in [1.54, 1.807) is 0 Å². The molecular weight excluding hydrogens is 364 g/mol. The molecule has 1 unspecified atom stereocenters. The van der Waals surface area contributed by atoms with Crippen molar-refractivity contribution in [3.63, 3.8) is 0 Å². The number of piperidine rings is 1. The molecule has 1 aromatic heterocycles. The maximum Gasteiger partial charge on any atom is 0.336 e. The first-order valence-electron chi connectivity index (χ1n) is 9.65. The van der Waals surface area contributed by atoms with Gasteiger partial charge in [0, 0.05) is 11.5 Å². The van der Waals surface area contributed by atoms with E-state index in [9.17, 15) is 4.79 Å². The molecule has 1 aromatic carbocycles. The largest absolute Gasteiger partial charge is 0.443 e. The summed E-state index contributed by atoms with van der Waals surface area (Å²) in [6, 6.07) is 3.85. The van der Waals surface area contributed by atoms with Crippen LogP contribution in [-0.2, 0) is 6.54 Å². The molecule has 146 valence electrons. The number of nitrogens with one attached hydrogen (secondary N) is 1. The molecule has 1 fully saturated rings. The lowest BCUT2D eigenvalue weighted by molar-refractivity contribution is -0.969.